The molecule has 0 bridgehead atoms. The van der Waals surface area contributed by atoms with E-state index in [1.165, 1.54) is 12.8 Å². The standard InChI is InChI=1S/C14H20N2O/c17-14(12-5-2-1-3-6-12)8-10-16-13-7-4-9-15-11-13/h1-3,5-6,13,15-16H,4,7-11H2/t13-/m1/s1. The van der Waals surface area contributed by atoms with E-state index in [0.29, 0.717) is 12.5 Å². The van der Waals surface area contributed by atoms with Crippen molar-refractivity contribution in [2.45, 2.75) is 25.3 Å². The molecule has 0 amide bonds. The summed E-state index contributed by atoms with van der Waals surface area (Å²) in [5.41, 5.74) is 0.816. The smallest absolute Gasteiger partial charge is 0.164 e. The van der Waals surface area contributed by atoms with Gasteiger partial charge in [-0.05, 0) is 19.4 Å². The molecule has 1 aliphatic heterocycles. The fourth-order valence-electron chi connectivity index (χ4n) is 2.18. The second kappa shape index (κ2) is 6.52. The first-order valence-corrected chi connectivity index (χ1v) is 6.38. The molecule has 2 rings (SSSR count). The Hall–Kier alpha value is -1.19. The summed E-state index contributed by atoms with van der Waals surface area (Å²) in [5, 5.41) is 6.80. The van der Waals surface area contributed by atoms with Crippen LogP contribution < -0.4 is 10.6 Å². The van der Waals surface area contributed by atoms with Crippen LogP contribution in [0.3, 0.4) is 0 Å². The molecule has 1 atom stereocenters. The van der Waals surface area contributed by atoms with Gasteiger partial charge in [0.05, 0.1) is 0 Å². The molecule has 3 nitrogen and oxygen atoms in total. The molecule has 17 heavy (non-hydrogen) atoms. The molecule has 2 N–H and O–H groups in total. The van der Waals surface area contributed by atoms with Gasteiger partial charge in [-0.25, -0.2) is 0 Å². The lowest BCUT2D eigenvalue weighted by atomic mass is 10.1. The van der Waals surface area contributed by atoms with Crippen molar-refractivity contribution in [3.8, 4) is 0 Å². The summed E-state index contributed by atoms with van der Waals surface area (Å²) in [5.74, 6) is 0.224. The first kappa shape index (κ1) is 12.3. The Morgan fingerprint density at radius 2 is 2.18 bits per heavy atom. The van der Waals surface area contributed by atoms with E-state index in [9.17, 15) is 4.79 Å². The fraction of sp³-hybridized carbons (Fsp3) is 0.500. The molecular weight excluding hydrogens is 212 g/mol. The lowest BCUT2D eigenvalue weighted by Gasteiger charge is -2.23. The van der Waals surface area contributed by atoms with Crippen molar-refractivity contribution in [3.05, 3.63) is 35.9 Å². The number of hydrogen-bond donors (Lipinski definition) is 2. The quantitative estimate of drug-likeness (QED) is 0.758. The van der Waals surface area contributed by atoms with E-state index in [2.05, 4.69) is 10.6 Å². The molecule has 1 saturated heterocycles. The second-order valence-electron chi connectivity index (χ2n) is 4.54. The highest BCUT2D eigenvalue weighted by Crippen LogP contribution is 2.04. The van der Waals surface area contributed by atoms with Gasteiger partial charge in [-0.15, -0.1) is 0 Å². The van der Waals surface area contributed by atoms with Gasteiger partial charge in [-0.1, -0.05) is 30.3 Å². The first-order chi connectivity index (χ1) is 8.36. The average molecular weight is 232 g/mol. The van der Waals surface area contributed by atoms with Crippen LogP contribution in [0.2, 0.25) is 0 Å². The summed E-state index contributed by atoms with van der Waals surface area (Å²) in [7, 11) is 0. The Labute approximate surface area is 103 Å². The minimum atomic E-state index is 0.224. The zero-order chi connectivity index (χ0) is 11.9. The van der Waals surface area contributed by atoms with Gasteiger partial charge in [-0.3, -0.25) is 4.79 Å². The van der Waals surface area contributed by atoms with Crippen molar-refractivity contribution in [2.75, 3.05) is 19.6 Å². The number of carbonyl (C=O) groups excluding carboxylic acids is 1. The Bertz CT molecular complexity index is 344. The SMILES string of the molecule is O=C(CCN[C@@H]1CCCNC1)c1ccccc1. The van der Waals surface area contributed by atoms with Gasteiger partial charge in [0, 0.05) is 31.1 Å². The first-order valence-electron chi connectivity index (χ1n) is 6.38. The van der Waals surface area contributed by atoms with Crippen molar-refractivity contribution in [2.24, 2.45) is 0 Å². The molecule has 1 aliphatic rings. The molecule has 1 fully saturated rings. The maximum atomic E-state index is 11.8. The van der Waals surface area contributed by atoms with E-state index in [1.54, 1.807) is 0 Å². The highest BCUT2D eigenvalue weighted by Gasteiger charge is 2.12. The van der Waals surface area contributed by atoms with Crippen LogP contribution >= 0.6 is 0 Å². The van der Waals surface area contributed by atoms with Crippen LogP contribution in [-0.4, -0.2) is 31.5 Å². The van der Waals surface area contributed by atoms with Crippen LogP contribution in [0.25, 0.3) is 0 Å². The number of Topliss-reactive ketones (excluding diaryl/α,β-unsaturated/α-hetero) is 1. The number of hydrogen-bond acceptors (Lipinski definition) is 3. The minimum Gasteiger partial charge on any atom is -0.315 e. The maximum Gasteiger partial charge on any atom is 0.164 e. The van der Waals surface area contributed by atoms with E-state index in [1.807, 2.05) is 30.3 Å². The van der Waals surface area contributed by atoms with E-state index >= 15 is 0 Å². The summed E-state index contributed by atoms with van der Waals surface area (Å²) in [6.07, 6.45) is 3.03. The highest BCUT2D eigenvalue weighted by atomic mass is 16.1. The zero-order valence-corrected chi connectivity index (χ0v) is 10.1. The van der Waals surface area contributed by atoms with Crippen molar-refractivity contribution >= 4 is 5.78 Å². The van der Waals surface area contributed by atoms with Gasteiger partial charge in [0.1, 0.15) is 0 Å². The number of ketones is 1. The molecule has 3 heteroatoms. The Balaban J connectivity index is 1.69. The predicted molar refractivity (Wildman–Crippen MR) is 69.3 cm³/mol. The van der Waals surface area contributed by atoms with Gasteiger partial charge >= 0.3 is 0 Å². The Kier molecular flexibility index (Phi) is 4.71. The number of piperidine rings is 1. The molecule has 0 aromatic heterocycles. The molecule has 0 radical (unpaired) electrons. The monoisotopic (exact) mass is 232 g/mol. The molecular formula is C14H20N2O. The van der Waals surface area contributed by atoms with Crippen molar-refractivity contribution < 1.29 is 4.79 Å². The van der Waals surface area contributed by atoms with Crippen LogP contribution in [-0.2, 0) is 0 Å². The van der Waals surface area contributed by atoms with Crippen molar-refractivity contribution in [1.82, 2.24) is 10.6 Å². The van der Waals surface area contributed by atoms with Crippen LogP contribution in [0, 0.1) is 0 Å². The summed E-state index contributed by atoms with van der Waals surface area (Å²) in [4.78, 5) is 11.8. The van der Waals surface area contributed by atoms with Gasteiger partial charge in [-0.2, -0.15) is 0 Å². The van der Waals surface area contributed by atoms with E-state index in [-0.39, 0.29) is 5.78 Å². The summed E-state index contributed by atoms with van der Waals surface area (Å²) < 4.78 is 0. The maximum absolute atomic E-state index is 11.8. The van der Waals surface area contributed by atoms with Gasteiger partial charge in [0.2, 0.25) is 0 Å². The molecule has 1 heterocycles. The third-order valence-electron chi connectivity index (χ3n) is 3.18. The molecule has 0 aliphatic carbocycles. The van der Waals surface area contributed by atoms with Gasteiger partial charge in [0.15, 0.2) is 5.78 Å². The fourth-order valence-corrected chi connectivity index (χ4v) is 2.18. The van der Waals surface area contributed by atoms with E-state index in [4.69, 9.17) is 0 Å². The molecule has 1 aromatic rings. The molecule has 0 saturated carbocycles. The lowest BCUT2D eigenvalue weighted by molar-refractivity contribution is 0.0981. The van der Waals surface area contributed by atoms with Crippen molar-refractivity contribution in [3.63, 3.8) is 0 Å². The predicted octanol–water partition coefficient (Wildman–Crippen LogP) is 1.60. The van der Waals surface area contributed by atoms with Crippen LogP contribution in [0.5, 0.6) is 0 Å². The summed E-state index contributed by atoms with van der Waals surface area (Å²) in [6.45, 7) is 2.93. The zero-order valence-electron chi connectivity index (χ0n) is 10.1. The van der Waals surface area contributed by atoms with Crippen LogP contribution in [0.4, 0.5) is 0 Å². The number of carbonyl (C=O) groups is 1. The van der Waals surface area contributed by atoms with Crippen LogP contribution in [0.1, 0.15) is 29.6 Å². The molecule has 0 spiro atoms. The largest absolute Gasteiger partial charge is 0.315 e. The Morgan fingerprint density at radius 1 is 1.35 bits per heavy atom. The number of benzene rings is 1. The minimum absolute atomic E-state index is 0.224. The molecule has 0 unspecified atom stereocenters. The van der Waals surface area contributed by atoms with E-state index < -0.39 is 0 Å². The van der Waals surface area contributed by atoms with Gasteiger partial charge in [0.25, 0.3) is 0 Å². The average Bonchev–Trinajstić information content (AvgIpc) is 2.41. The van der Waals surface area contributed by atoms with Crippen molar-refractivity contribution in [1.29, 1.82) is 0 Å². The second-order valence-corrected chi connectivity index (χ2v) is 4.54. The normalized spacial score (nSPS) is 20.1. The lowest BCUT2D eigenvalue weighted by Crippen LogP contribution is -2.43. The van der Waals surface area contributed by atoms with Crippen LogP contribution in [0.15, 0.2) is 30.3 Å². The van der Waals surface area contributed by atoms with Gasteiger partial charge < -0.3 is 10.6 Å². The topological polar surface area (TPSA) is 41.1 Å². The number of nitrogens with one attached hydrogen (secondary N) is 2. The van der Waals surface area contributed by atoms with E-state index in [0.717, 1.165) is 25.2 Å². The Morgan fingerprint density at radius 3 is 2.88 bits per heavy atom. The summed E-state index contributed by atoms with van der Waals surface area (Å²) in [6, 6.07) is 10.0. The third kappa shape index (κ3) is 3.95. The molecule has 1 aromatic carbocycles. The number of rotatable bonds is 5. The molecule has 92 valence electrons. The highest BCUT2D eigenvalue weighted by molar-refractivity contribution is 5.96. The summed E-state index contributed by atoms with van der Waals surface area (Å²) >= 11 is 0. The third-order valence-corrected chi connectivity index (χ3v) is 3.18.